The number of fused-ring (bicyclic) bond motifs is 1. The normalized spacial score (nSPS) is 25.8. The van der Waals surface area contributed by atoms with E-state index in [4.69, 9.17) is 9.47 Å². The standard InChI is InChI=1S/C20H20O2S/c1-20(2)16-10-11-17(18-9-6-12-23-18)22-19(15(16)13-21-20)14-7-4-3-5-8-14/h3-12,15,19H,13H2,1-2H3/t15-,19+/m0/s1. The molecule has 0 spiro atoms. The summed E-state index contributed by atoms with van der Waals surface area (Å²) in [6, 6.07) is 14.6. The van der Waals surface area contributed by atoms with E-state index in [2.05, 4.69) is 67.8 Å². The number of thiophene rings is 1. The van der Waals surface area contributed by atoms with Crippen molar-refractivity contribution in [1.82, 2.24) is 0 Å². The zero-order valence-electron chi connectivity index (χ0n) is 13.4. The molecule has 3 heteroatoms. The lowest BCUT2D eigenvalue weighted by Gasteiger charge is -2.26. The SMILES string of the molecule is CC1(C)OC[C@H]2C1=CC=C(c1cccs1)O[C@@H]2c1ccccc1. The Balaban J connectivity index is 1.80. The lowest BCUT2D eigenvalue weighted by Crippen LogP contribution is -2.22. The Morgan fingerprint density at radius 2 is 1.87 bits per heavy atom. The van der Waals surface area contributed by atoms with Crippen molar-refractivity contribution in [2.24, 2.45) is 5.92 Å². The summed E-state index contributed by atoms with van der Waals surface area (Å²) in [6.07, 6.45) is 4.29. The van der Waals surface area contributed by atoms with Crippen molar-refractivity contribution in [2.75, 3.05) is 6.61 Å². The van der Waals surface area contributed by atoms with Gasteiger partial charge in [-0.25, -0.2) is 0 Å². The van der Waals surface area contributed by atoms with Gasteiger partial charge >= 0.3 is 0 Å². The maximum Gasteiger partial charge on any atom is 0.137 e. The molecular weight excluding hydrogens is 304 g/mol. The lowest BCUT2D eigenvalue weighted by atomic mass is 9.84. The van der Waals surface area contributed by atoms with E-state index in [1.807, 2.05) is 6.07 Å². The molecule has 2 aliphatic heterocycles. The second kappa shape index (κ2) is 5.66. The fourth-order valence-electron chi connectivity index (χ4n) is 3.42. The summed E-state index contributed by atoms with van der Waals surface area (Å²) in [5.41, 5.74) is 2.29. The van der Waals surface area contributed by atoms with Crippen LogP contribution in [-0.4, -0.2) is 12.2 Å². The highest BCUT2D eigenvalue weighted by atomic mass is 32.1. The van der Waals surface area contributed by atoms with Gasteiger partial charge in [0.25, 0.3) is 0 Å². The first-order valence-corrected chi connectivity index (χ1v) is 8.85. The van der Waals surface area contributed by atoms with Crippen molar-refractivity contribution in [2.45, 2.75) is 25.6 Å². The third kappa shape index (κ3) is 2.64. The number of hydrogen-bond donors (Lipinski definition) is 0. The third-order valence-corrected chi connectivity index (χ3v) is 5.53. The van der Waals surface area contributed by atoms with Crippen molar-refractivity contribution in [3.05, 3.63) is 76.0 Å². The second-order valence-electron chi connectivity index (χ2n) is 6.51. The summed E-state index contributed by atoms with van der Waals surface area (Å²) < 4.78 is 12.5. The summed E-state index contributed by atoms with van der Waals surface area (Å²) in [5.74, 6) is 1.20. The molecule has 2 atom stereocenters. The molecule has 0 radical (unpaired) electrons. The minimum Gasteiger partial charge on any atom is -0.484 e. The molecule has 23 heavy (non-hydrogen) atoms. The van der Waals surface area contributed by atoms with Crippen LogP contribution in [0.5, 0.6) is 0 Å². The van der Waals surface area contributed by atoms with Crippen LogP contribution < -0.4 is 0 Å². The molecule has 0 saturated carbocycles. The van der Waals surface area contributed by atoms with Gasteiger partial charge in [-0.05, 0) is 42.5 Å². The summed E-state index contributed by atoms with van der Waals surface area (Å²) in [6.45, 7) is 4.99. The van der Waals surface area contributed by atoms with Gasteiger partial charge in [0.2, 0.25) is 0 Å². The summed E-state index contributed by atoms with van der Waals surface area (Å²) in [4.78, 5) is 1.17. The van der Waals surface area contributed by atoms with E-state index in [9.17, 15) is 0 Å². The maximum absolute atomic E-state index is 6.49. The minimum atomic E-state index is -0.234. The number of hydrogen-bond acceptors (Lipinski definition) is 3. The smallest absolute Gasteiger partial charge is 0.137 e. The topological polar surface area (TPSA) is 18.5 Å². The lowest BCUT2D eigenvalue weighted by molar-refractivity contribution is 0.0355. The molecule has 0 amide bonds. The molecule has 3 heterocycles. The Bertz CT molecular complexity index is 741. The molecule has 0 bridgehead atoms. The summed E-state index contributed by atoms with van der Waals surface area (Å²) in [7, 11) is 0. The highest BCUT2D eigenvalue weighted by Crippen LogP contribution is 2.47. The number of rotatable bonds is 2. The fourth-order valence-corrected chi connectivity index (χ4v) is 4.11. The van der Waals surface area contributed by atoms with Crippen LogP contribution in [0.2, 0.25) is 0 Å². The molecule has 118 valence electrons. The van der Waals surface area contributed by atoms with E-state index < -0.39 is 0 Å². The van der Waals surface area contributed by atoms with Gasteiger partial charge in [0.1, 0.15) is 11.9 Å². The highest BCUT2D eigenvalue weighted by Gasteiger charge is 2.44. The molecule has 2 aromatic rings. The van der Waals surface area contributed by atoms with Gasteiger partial charge in [0, 0.05) is 5.92 Å². The van der Waals surface area contributed by atoms with E-state index in [1.165, 1.54) is 16.0 Å². The van der Waals surface area contributed by atoms with Crippen molar-refractivity contribution in [3.63, 3.8) is 0 Å². The molecule has 4 rings (SSSR count). The largest absolute Gasteiger partial charge is 0.484 e. The zero-order valence-corrected chi connectivity index (χ0v) is 14.2. The molecular formula is C20H20O2S. The highest BCUT2D eigenvalue weighted by molar-refractivity contribution is 7.11. The summed E-state index contributed by atoms with van der Waals surface area (Å²) >= 11 is 1.71. The van der Waals surface area contributed by atoms with E-state index in [1.54, 1.807) is 11.3 Å². The Labute approximate surface area is 141 Å². The quantitative estimate of drug-likeness (QED) is 0.755. The van der Waals surface area contributed by atoms with E-state index in [-0.39, 0.29) is 17.6 Å². The fraction of sp³-hybridized carbons (Fsp3) is 0.300. The average Bonchev–Trinajstić information content (AvgIpc) is 3.13. The van der Waals surface area contributed by atoms with Crippen LogP contribution in [0.3, 0.4) is 0 Å². The molecule has 1 fully saturated rings. The van der Waals surface area contributed by atoms with Gasteiger partial charge in [0.05, 0.1) is 17.1 Å². The van der Waals surface area contributed by atoms with Crippen molar-refractivity contribution < 1.29 is 9.47 Å². The Morgan fingerprint density at radius 3 is 2.61 bits per heavy atom. The molecule has 0 aliphatic carbocycles. The van der Waals surface area contributed by atoms with Crippen molar-refractivity contribution in [3.8, 4) is 0 Å². The van der Waals surface area contributed by atoms with Crippen LogP contribution >= 0.6 is 11.3 Å². The molecule has 1 saturated heterocycles. The number of ether oxygens (including phenoxy) is 2. The van der Waals surface area contributed by atoms with Crippen LogP contribution in [-0.2, 0) is 9.47 Å². The Kier molecular flexibility index (Phi) is 3.63. The van der Waals surface area contributed by atoms with Gasteiger partial charge in [-0.1, -0.05) is 42.5 Å². The van der Waals surface area contributed by atoms with Gasteiger partial charge < -0.3 is 9.47 Å². The van der Waals surface area contributed by atoms with E-state index in [0.29, 0.717) is 6.61 Å². The van der Waals surface area contributed by atoms with E-state index in [0.717, 1.165) is 5.76 Å². The van der Waals surface area contributed by atoms with Gasteiger partial charge in [0.15, 0.2) is 0 Å². The van der Waals surface area contributed by atoms with Crippen LogP contribution in [0.1, 0.15) is 30.4 Å². The Morgan fingerprint density at radius 1 is 1.04 bits per heavy atom. The molecule has 0 N–H and O–H groups in total. The monoisotopic (exact) mass is 324 g/mol. The maximum atomic E-state index is 6.49. The molecule has 1 aromatic heterocycles. The number of allylic oxidation sites excluding steroid dienone is 2. The van der Waals surface area contributed by atoms with Crippen LogP contribution in [0.4, 0.5) is 0 Å². The minimum absolute atomic E-state index is 0.0138. The number of benzene rings is 1. The first-order chi connectivity index (χ1) is 11.1. The van der Waals surface area contributed by atoms with Gasteiger partial charge in [-0.15, -0.1) is 11.3 Å². The van der Waals surface area contributed by atoms with Gasteiger partial charge in [-0.3, -0.25) is 0 Å². The zero-order chi connectivity index (χ0) is 15.9. The van der Waals surface area contributed by atoms with Crippen molar-refractivity contribution >= 4 is 17.1 Å². The predicted molar refractivity (Wildman–Crippen MR) is 94.2 cm³/mol. The van der Waals surface area contributed by atoms with Crippen LogP contribution in [0, 0.1) is 5.92 Å². The third-order valence-electron chi connectivity index (χ3n) is 4.64. The molecule has 2 nitrogen and oxygen atoms in total. The first-order valence-electron chi connectivity index (χ1n) is 7.97. The molecule has 0 unspecified atom stereocenters. The van der Waals surface area contributed by atoms with Crippen LogP contribution in [0.25, 0.3) is 5.76 Å². The van der Waals surface area contributed by atoms with Crippen molar-refractivity contribution in [1.29, 1.82) is 0 Å². The Hall–Kier alpha value is -1.84. The van der Waals surface area contributed by atoms with E-state index >= 15 is 0 Å². The average molecular weight is 324 g/mol. The predicted octanol–water partition coefficient (Wildman–Crippen LogP) is 5.21. The van der Waals surface area contributed by atoms with Crippen LogP contribution in [0.15, 0.2) is 65.6 Å². The molecule has 1 aromatic carbocycles. The first kappa shape index (κ1) is 14.7. The second-order valence-corrected chi connectivity index (χ2v) is 7.45. The van der Waals surface area contributed by atoms with Gasteiger partial charge in [-0.2, -0.15) is 0 Å². The molecule has 2 aliphatic rings. The summed E-state index contributed by atoms with van der Waals surface area (Å²) in [5, 5.41) is 2.09.